The molecule has 4 nitrogen and oxygen atoms in total. The Balaban J connectivity index is 1.29. The number of hydrogen-bond acceptors (Lipinski definition) is 4. The predicted molar refractivity (Wildman–Crippen MR) is 162 cm³/mol. The van der Waals surface area contributed by atoms with E-state index < -0.39 is 0 Å². The molecule has 2 aliphatic carbocycles. The maximum atomic E-state index is 6.05. The van der Waals surface area contributed by atoms with Gasteiger partial charge in [0.25, 0.3) is 0 Å². The molecule has 0 N–H and O–H groups in total. The van der Waals surface area contributed by atoms with Crippen molar-refractivity contribution < 1.29 is 18.9 Å². The fourth-order valence-corrected chi connectivity index (χ4v) is 7.53. The van der Waals surface area contributed by atoms with Crippen molar-refractivity contribution in [2.45, 2.75) is 87.7 Å². The molecule has 2 heterocycles. The van der Waals surface area contributed by atoms with Crippen molar-refractivity contribution in [1.82, 2.24) is 0 Å². The molecule has 2 saturated carbocycles. The summed E-state index contributed by atoms with van der Waals surface area (Å²) in [5.41, 5.74) is 5.39. The van der Waals surface area contributed by atoms with Crippen molar-refractivity contribution in [3.63, 3.8) is 0 Å². The van der Waals surface area contributed by atoms with Gasteiger partial charge in [-0.05, 0) is 84.0 Å². The molecular formula is C37H44O4. The maximum Gasteiger partial charge on any atom is 0.119 e. The van der Waals surface area contributed by atoms with Crippen LogP contribution in [0, 0.1) is 5.92 Å². The summed E-state index contributed by atoms with van der Waals surface area (Å²) in [5, 5.41) is 0. The summed E-state index contributed by atoms with van der Waals surface area (Å²) in [5.74, 6) is 3.07. The van der Waals surface area contributed by atoms with Crippen LogP contribution < -0.4 is 9.47 Å². The van der Waals surface area contributed by atoms with Gasteiger partial charge >= 0.3 is 0 Å². The van der Waals surface area contributed by atoms with Gasteiger partial charge in [-0.2, -0.15) is 0 Å². The van der Waals surface area contributed by atoms with E-state index in [-0.39, 0.29) is 17.6 Å². The minimum Gasteiger partial charge on any atom is -0.491 e. The lowest BCUT2D eigenvalue weighted by Crippen LogP contribution is -2.39. The zero-order valence-electron chi connectivity index (χ0n) is 24.3. The molecule has 7 rings (SSSR count). The standard InChI is InChI=1S/C37H44O4/c1-3-7-27(8-4-1)28-11-13-30(14-12-28)37(29-9-5-2-6-10-29,31-15-19-33(20-16-31)38-23-35-25-40-35)32-17-21-34(22-18-32)39-24-36-26-41-36/h11-22,27,29,35-36H,1-10,23-26H2. The Morgan fingerprint density at radius 3 is 1.39 bits per heavy atom. The number of rotatable bonds is 11. The van der Waals surface area contributed by atoms with Crippen LogP contribution in [0.4, 0.5) is 0 Å². The van der Waals surface area contributed by atoms with Gasteiger partial charge in [0, 0.05) is 5.41 Å². The lowest BCUT2D eigenvalue weighted by molar-refractivity contribution is 0.260. The molecule has 4 fully saturated rings. The summed E-state index contributed by atoms with van der Waals surface area (Å²) >= 11 is 0. The molecule has 0 spiro atoms. The van der Waals surface area contributed by atoms with Crippen molar-refractivity contribution in [2.75, 3.05) is 26.4 Å². The molecule has 2 atom stereocenters. The Kier molecular flexibility index (Phi) is 8.04. The third kappa shape index (κ3) is 6.05. The fraction of sp³-hybridized carbons (Fsp3) is 0.514. The molecule has 0 amide bonds. The average Bonchev–Trinajstić information content (AvgIpc) is 3.98. The minimum absolute atomic E-state index is 0.234. The average molecular weight is 553 g/mol. The highest BCUT2D eigenvalue weighted by Crippen LogP contribution is 2.51. The van der Waals surface area contributed by atoms with Crippen LogP contribution >= 0.6 is 0 Å². The summed E-state index contributed by atoms with van der Waals surface area (Å²) in [6.45, 7) is 2.88. The van der Waals surface area contributed by atoms with Gasteiger partial charge in [-0.3, -0.25) is 0 Å². The molecule has 216 valence electrons. The van der Waals surface area contributed by atoms with Gasteiger partial charge in [0.2, 0.25) is 0 Å². The molecule has 2 unspecified atom stereocenters. The van der Waals surface area contributed by atoms with Gasteiger partial charge in [-0.25, -0.2) is 0 Å². The Morgan fingerprint density at radius 2 is 0.951 bits per heavy atom. The smallest absolute Gasteiger partial charge is 0.119 e. The Bertz CT molecular complexity index is 1190. The number of benzene rings is 3. The molecule has 2 aliphatic heterocycles. The highest BCUT2D eigenvalue weighted by atomic mass is 16.6. The van der Waals surface area contributed by atoms with E-state index in [1.807, 2.05) is 0 Å². The monoisotopic (exact) mass is 552 g/mol. The third-order valence-corrected chi connectivity index (χ3v) is 9.96. The molecule has 4 aliphatic rings. The second-order valence-corrected chi connectivity index (χ2v) is 12.7. The van der Waals surface area contributed by atoms with Gasteiger partial charge in [0.1, 0.15) is 36.9 Å². The van der Waals surface area contributed by atoms with E-state index in [9.17, 15) is 0 Å². The minimum atomic E-state index is -0.234. The highest BCUT2D eigenvalue weighted by molar-refractivity contribution is 5.54. The normalized spacial score (nSPS) is 24.4. The van der Waals surface area contributed by atoms with Crippen LogP contribution in [0.1, 0.15) is 92.4 Å². The topological polar surface area (TPSA) is 43.5 Å². The zero-order valence-corrected chi connectivity index (χ0v) is 24.3. The summed E-state index contributed by atoms with van der Waals surface area (Å²) in [4.78, 5) is 0. The quantitative estimate of drug-likeness (QED) is 0.178. The van der Waals surface area contributed by atoms with Crippen LogP contribution in [-0.4, -0.2) is 38.6 Å². The number of hydrogen-bond donors (Lipinski definition) is 0. The summed E-state index contributed by atoms with van der Waals surface area (Å²) in [6, 6.07) is 27.8. The highest BCUT2D eigenvalue weighted by Gasteiger charge is 2.44. The van der Waals surface area contributed by atoms with Crippen LogP contribution in [0.2, 0.25) is 0 Å². The first kappa shape index (κ1) is 27.0. The molecule has 2 saturated heterocycles. The molecule has 0 radical (unpaired) electrons. The van der Waals surface area contributed by atoms with E-state index >= 15 is 0 Å². The molecule has 3 aromatic rings. The van der Waals surface area contributed by atoms with E-state index in [4.69, 9.17) is 18.9 Å². The first-order valence-electron chi connectivity index (χ1n) is 16.1. The van der Waals surface area contributed by atoms with E-state index in [1.54, 1.807) is 0 Å². The fourth-order valence-electron chi connectivity index (χ4n) is 7.53. The van der Waals surface area contributed by atoms with Crippen LogP contribution in [0.25, 0.3) is 0 Å². The van der Waals surface area contributed by atoms with Gasteiger partial charge in [-0.15, -0.1) is 0 Å². The van der Waals surface area contributed by atoms with Crippen molar-refractivity contribution in [3.8, 4) is 11.5 Å². The Morgan fingerprint density at radius 1 is 0.537 bits per heavy atom. The summed E-state index contributed by atoms with van der Waals surface area (Å²) < 4.78 is 22.8. The van der Waals surface area contributed by atoms with E-state index in [1.165, 1.54) is 86.5 Å². The molecule has 0 bridgehead atoms. The van der Waals surface area contributed by atoms with Gasteiger partial charge < -0.3 is 18.9 Å². The second kappa shape index (κ2) is 12.2. The molecule has 0 aromatic heterocycles. The first-order chi connectivity index (χ1) is 20.3. The second-order valence-electron chi connectivity index (χ2n) is 12.7. The number of ether oxygens (including phenoxy) is 4. The lowest BCUT2D eigenvalue weighted by Gasteiger charge is -2.45. The van der Waals surface area contributed by atoms with Crippen molar-refractivity contribution in [3.05, 3.63) is 95.1 Å². The molecule has 41 heavy (non-hydrogen) atoms. The number of epoxide rings is 2. The predicted octanol–water partition coefficient (Wildman–Crippen LogP) is 8.20. The van der Waals surface area contributed by atoms with E-state index in [2.05, 4.69) is 72.8 Å². The van der Waals surface area contributed by atoms with Crippen molar-refractivity contribution >= 4 is 0 Å². The largest absolute Gasteiger partial charge is 0.491 e. The first-order valence-corrected chi connectivity index (χ1v) is 16.1. The van der Waals surface area contributed by atoms with Crippen LogP contribution in [0.15, 0.2) is 72.8 Å². The lowest BCUT2D eigenvalue weighted by atomic mass is 9.58. The SMILES string of the molecule is c1cc(C(c2ccc(OCC3CO3)cc2)(c2ccc(C3CCCCC3)cc2)C2CCCCC2)ccc1OCC1CO1. The summed E-state index contributed by atoms with van der Waals surface area (Å²) in [6.07, 6.45) is 13.7. The van der Waals surface area contributed by atoms with Gasteiger partial charge in [0.15, 0.2) is 0 Å². The zero-order chi connectivity index (χ0) is 27.5. The van der Waals surface area contributed by atoms with E-state index in [0.717, 1.165) is 24.7 Å². The van der Waals surface area contributed by atoms with Crippen molar-refractivity contribution in [1.29, 1.82) is 0 Å². The van der Waals surface area contributed by atoms with E-state index in [0.29, 0.717) is 25.0 Å². The van der Waals surface area contributed by atoms with Crippen LogP contribution in [0.5, 0.6) is 11.5 Å². The van der Waals surface area contributed by atoms with Crippen molar-refractivity contribution in [2.24, 2.45) is 5.92 Å². The molecular weight excluding hydrogens is 508 g/mol. The molecule has 4 heteroatoms. The van der Waals surface area contributed by atoms with Gasteiger partial charge in [-0.1, -0.05) is 87.1 Å². The van der Waals surface area contributed by atoms with Gasteiger partial charge in [0.05, 0.1) is 13.2 Å². The summed E-state index contributed by atoms with van der Waals surface area (Å²) in [7, 11) is 0. The Labute approximate surface area is 245 Å². The maximum absolute atomic E-state index is 6.05. The van der Waals surface area contributed by atoms with Crippen LogP contribution in [0.3, 0.4) is 0 Å². The van der Waals surface area contributed by atoms with Crippen LogP contribution in [-0.2, 0) is 14.9 Å². The third-order valence-electron chi connectivity index (χ3n) is 9.96. The Hall–Kier alpha value is -2.82. The molecule has 3 aromatic carbocycles.